The lowest BCUT2D eigenvalue weighted by atomic mass is 10.1. The maximum atomic E-state index is 5.74. The van der Waals surface area contributed by atoms with Crippen molar-refractivity contribution in [3.05, 3.63) is 54.1 Å². The summed E-state index contributed by atoms with van der Waals surface area (Å²) in [6.07, 6.45) is 3.59. The first-order valence-corrected chi connectivity index (χ1v) is 6.40. The number of ether oxygens (including phenoxy) is 1. The van der Waals surface area contributed by atoms with Crippen LogP contribution in [0.25, 0.3) is 0 Å². The Bertz CT molecular complexity index is 491. The Morgan fingerprint density at radius 2 is 1.78 bits per heavy atom. The van der Waals surface area contributed by atoms with Gasteiger partial charge in [0.15, 0.2) is 0 Å². The summed E-state index contributed by atoms with van der Waals surface area (Å²) in [5.74, 6) is 1.62. The van der Waals surface area contributed by atoms with Crippen molar-refractivity contribution < 1.29 is 4.74 Å². The molecule has 2 aromatic carbocycles. The van der Waals surface area contributed by atoms with Gasteiger partial charge in [-0.15, -0.1) is 0 Å². The van der Waals surface area contributed by atoms with Gasteiger partial charge in [0.1, 0.15) is 11.5 Å². The van der Waals surface area contributed by atoms with E-state index in [0.717, 1.165) is 17.9 Å². The number of anilines is 1. The van der Waals surface area contributed by atoms with Gasteiger partial charge in [0.25, 0.3) is 0 Å². The SMILES string of the molecule is CCCCc1ccc(Oc2cccc(N)c2)cc1. The summed E-state index contributed by atoms with van der Waals surface area (Å²) >= 11 is 0. The Morgan fingerprint density at radius 1 is 1.00 bits per heavy atom. The molecule has 0 spiro atoms. The normalized spacial score (nSPS) is 10.3. The molecule has 0 aliphatic heterocycles. The van der Waals surface area contributed by atoms with E-state index in [9.17, 15) is 0 Å². The van der Waals surface area contributed by atoms with Gasteiger partial charge < -0.3 is 10.5 Å². The zero-order valence-electron chi connectivity index (χ0n) is 10.7. The molecule has 2 N–H and O–H groups in total. The molecule has 0 fully saturated rings. The molecule has 94 valence electrons. The molecule has 0 aliphatic carbocycles. The molecule has 0 saturated carbocycles. The van der Waals surface area contributed by atoms with Crippen LogP contribution in [0.5, 0.6) is 11.5 Å². The van der Waals surface area contributed by atoms with Crippen LogP contribution in [-0.2, 0) is 6.42 Å². The number of aryl methyl sites for hydroxylation is 1. The van der Waals surface area contributed by atoms with E-state index in [1.807, 2.05) is 36.4 Å². The molecule has 0 amide bonds. The average Bonchev–Trinajstić information content (AvgIpc) is 2.38. The predicted molar refractivity (Wildman–Crippen MR) is 76.0 cm³/mol. The molecule has 2 aromatic rings. The molecule has 0 bridgehead atoms. The van der Waals surface area contributed by atoms with Crippen molar-refractivity contribution in [2.45, 2.75) is 26.2 Å². The van der Waals surface area contributed by atoms with E-state index in [1.165, 1.54) is 18.4 Å². The third-order valence-electron chi connectivity index (χ3n) is 2.84. The number of hydrogen-bond donors (Lipinski definition) is 1. The molecular weight excluding hydrogens is 222 g/mol. The van der Waals surface area contributed by atoms with Crippen molar-refractivity contribution in [2.24, 2.45) is 0 Å². The van der Waals surface area contributed by atoms with Crippen LogP contribution in [0.2, 0.25) is 0 Å². The standard InChI is InChI=1S/C16H19NO/c1-2-3-5-13-8-10-15(11-9-13)18-16-7-4-6-14(17)12-16/h4,6-12H,2-3,5,17H2,1H3. The van der Waals surface area contributed by atoms with E-state index in [2.05, 4.69) is 19.1 Å². The van der Waals surface area contributed by atoms with Gasteiger partial charge >= 0.3 is 0 Å². The fraction of sp³-hybridized carbons (Fsp3) is 0.250. The van der Waals surface area contributed by atoms with E-state index in [-0.39, 0.29) is 0 Å². The van der Waals surface area contributed by atoms with Crippen LogP contribution in [0.4, 0.5) is 5.69 Å². The molecule has 0 aliphatic rings. The summed E-state index contributed by atoms with van der Waals surface area (Å²) in [6.45, 7) is 2.21. The largest absolute Gasteiger partial charge is 0.457 e. The monoisotopic (exact) mass is 241 g/mol. The molecule has 2 rings (SSSR count). The number of nitrogens with two attached hydrogens (primary N) is 1. The predicted octanol–water partition coefficient (Wildman–Crippen LogP) is 4.40. The van der Waals surface area contributed by atoms with Crippen molar-refractivity contribution in [3.63, 3.8) is 0 Å². The van der Waals surface area contributed by atoms with Crippen molar-refractivity contribution >= 4 is 5.69 Å². The van der Waals surface area contributed by atoms with Crippen LogP contribution in [0.1, 0.15) is 25.3 Å². The first-order valence-electron chi connectivity index (χ1n) is 6.40. The van der Waals surface area contributed by atoms with Crippen molar-refractivity contribution in [2.75, 3.05) is 5.73 Å². The van der Waals surface area contributed by atoms with Crippen molar-refractivity contribution in [1.29, 1.82) is 0 Å². The van der Waals surface area contributed by atoms with Crippen LogP contribution in [0, 0.1) is 0 Å². The maximum absolute atomic E-state index is 5.74. The van der Waals surface area contributed by atoms with Crippen LogP contribution >= 0.6 is 0 Å². The third-order valence-corrected chi connectivity index (χ3v) is 2.84. The fourth-order valence-electron chi connectivity index (χ4n) is 1.82. The van der Waals surface area contributed by atoms with Crippen molar-refractivity contribution in [1.82, 2.24) is 0 Å². The Hall–Kier alpha value is -1.96. The summed E-state index contributed by atoms with van der Waals surface area (Å²) in [7, 11) is 0. The smallest absolute Gasteiger partial charge is 0.129 e. The highest BCUT2D eigenvalue weighted by Crippen LogP contribution is 2.23. The van der Waals surface area contributed by atoms with E-state index in [0.29, 0.717) is 5.69 Å². The highest BCUT2D eigenvalue weighted by Gasteiger charge is 1.98. The van der Waals surface area contributed by atoms with Gasteiger partial charge in [0.2, 0.25) is 0 Å². The molecule has 0 radical (unpaired) electrons. The Labute approximate surface area is 108 Å². The zero-order valence-corrected chi connectivity index (χ0v) is 10.7. The molecular formula is C16H19NO. The molecule has 0 saturated heterocycles. The molecule has 18 heavy (non-hydrogen) atoms. The van der Waals surface area contributed by atoms with Crippen LogP contribution < -0.4 is 10.5 Å². The highest BCUT2D eigenvalue weighted by molar-refractivity contribution is 5.45. The molecule has 0 heterocycles. The van der Waals surface area contributed by atoms with Gasteiger partial charge in [0.05, 0.1) is 0 Å². The lowest BCUT2D eigenvalue weighted by Gasteiger charge is -2.07. The lowest BCUT2D eigenvalue weighted by molar-refractivity contribution is 0.482. The topological polar surface area (TPSA) is 35.2 Å². The molecule has 0 aromatic heterocycles. The van der Waals surface area contributed by atoms with Gasteiger partial charge in [-0.25, -0.2) is 0 Å². The van der Waals surface area contributed by atoms with E-state index in [4.69, 9.17) is 10.5 Å². The second-order valence-corrected chi connectivity index (χ2v) is 4.42. The highest BCUT2D eigenvalue weighted by atomic mass is 16.5. The number of benzene rings is 2. The van der Waals surface area contributed by atoms with E-state index in [1.54, 1.807) is 0 Å². The summed E-state index contributed by atoms with van der Waals surface area (Å²) < 4.78 is 5.74. The Kier molecular flexibility index (Phi) is 4.24. The minimum atomic E-state index is 0.715. The number of nitrogen functional groups attached to an aromatic ring is 1. The van der Waals surface area contributed by atoms with E-state index < -0.39 is 0 Å². The Balaban J connectivity index is 2.02. The third kappa shape index (κ3) is 3.52. The summed E-state index contributed by atoms with van der Waals surface area (Å²) in [5.41, 5.74) is 7.78. The first-order chi connectivity index (χ1) is 8.78. The summed E-state index contributed by atoms with van der Waals surface area (Å²) in [6, 6.07) is 15.7. The minimum absolute atomic E-state index is 0.715. The summed E-state index contributed by atoms with van der Waals surface area (Å²) in [4.78, 5) is 0. The number of hydrogen-bond acceptors (Lipinski definition) is 2. The fourth-order valence-corrected chi connectivity index (χ4v) is 1.82. The second-order valence-electron chi connectivity index (χ2n) is 4.42. The molecule has 0 atom stereocenters. The van der Waals surface area contributed by atoms with E-state index >= 15 is 0 Å². The quantitative estimate of drug-likeness (QED) is 0.787. The van der Waals surface area contributed by atoms with Gasteiger partial charge in [-0.3, -0.25) is 0 Å². The van der Waals surface area contributed by atoms with Crippen molar-refractivity contribution in [3.8, 4) is 11.5 Å². The Morgan fingerprint density at radius 3 is 2.44 bits per heavy atom. The summed E-state index contributed by atoms with van der Waals surface area (Å²) in [5, 5.41) is 0. The lowest BCUT2D eigenvalue weighted by Crippen LogP contribution is -1.89. The van der Waals surface area contributed by atoms with Crippen LogP contribution in [0.15, 0.2) is 48.5 Å². The van der Waals surface area contributed by atoms with Gasteiger partial charge in [-0.1, -0.05) is 31.5 Å². The second kappa shape index (κ2) is 6.10. The zero-order chi connectivity index (χ0) is 12.8. The maximum Gasteiger partial charge on any atom is 0.129 e. The number of unbranched alkanes of at least 4 members (excludes halogenated alkanes) is 1. The van der Waals surface area contributed by atoms with Crippen LogP contribution in [0.3, 0.4) is 0 Å². The molecule has 0 unspecified atom stereocenters. The average molecular weight is 241 g/mol. The van der Waals surface area contributed by atoms with Crippen LogP contribution in [-0.4, -0.2) is 0 Å². The van der Waals surface area contributed by atoms with Gasteiger partial charge in [0, 0.05) is 11.8 Å². The number of rotatable bonds is 5. The molecule has 2 nitrogen and oxygen atoms in total. The first kappa shape index (κ1) is 12.5. The minimum Gasteiger partial charge on any atom is -0.457 e. The molecule has 2 heteroatoms. The van der Waals surface area contributed by atoms with Gasteiger partial charge in [-0.2, -0.15) is 0 Å². The van der Waals surface area contributed by atoms with Gasteiger partial charge in [-0.05, 0) is 42.7 Å².